The van der Waals surface area contributed by atoms with Crippen molar-refractivity contribution in [1.29, 1.82) is 0 Å². The van der Waals surface area contributed by atoms with Crippen molar-refractivity contribution in [1.82, 2.24) is 0 Å². The summed E-state index contributed by atoms with van der Waals surface area (Å²) in [6.07, 6.45) is -0.700. The van der Waals surface area contributed by atoms with Crippen molar-refractivity contribution in [2.24, 2.45) is 11.1 Å². The molecule has 2 N–H and O–H groups in total. The van der Waals surface area contributed by atoms with Gasteiger partial charge in [-0.25, -0.2) is 0 Å². The van der Waals surface area contributed by atoms with Crippen LogP contribution in [0.25, 0.3) is 0 Å². The second kappa shape index (κ2) is 5.03. The summed E-state index contributed by atoms with van der Waals surface area (Å²) in [4.78, 5) is 11.7. The Balaban J connectivity index is 2.61. The highest BCUT2D eigenvalue weighted by molar-refractivity contribution is 9.12. The van der Waals surface area contributed by atoms with E-state index in [9.17, 15) is 4.79 Å². The van der Waals surface area contributed by atoms with Gasteiger partial charge in [-0.3, -0.25) is 10.5 Å². The number of carbonyl (C=O) groups excluding carboxylic acids is 1. The fraction of sp³-hybridized carbons (Fsp3) is 0.875. The predicted octanol–water partition coefficient (Wildman–Crippen LogP) is 1.01. The van der Waals surface area contributed by atoms with E-state index < -0.39 is 11.8 Å². The molecule has 1 aliphatic heterocycles. The van der Waals surface area contributed by atoms with Gasteiger partial charge < -0.3 is 9.47 Å². The fourth-order valence-electron chi connectivity index (χ4n) is 1.21. The number of carbonyl (C=O) groups is 1. The summed E-state index contributed by atoms with van der Waals surface area (Å²) in [6.45, 7) is 2.43. The average Bonchev–Trinajstić information content (AvgIpc) is 2.20. The van der Waals surface area contributed by atoms with Gasteiger partial charge in [0.2, 0.25) is 6.41 Å². The van der Waals surface area contributed by atoms with Crippen molar-refractivity contribution in [2.45, 2.75) is 18.2 Å². The van der Waals surface area contributed by atoms with Gasteiger partial charge in [-0.15, -0.1) is 0 Å². The normalized spacial score (nSPS) is 35.3. The Morgan fingerprint density at radius 1 is 1.64 bits per heavy atom. The Bertz CT molecular complexity index is 217. The first-order valence-electron chi connectivity index (χ1n) is 4.23. The third kappa shape index (κ3) is 2.76. The zero-order valence-electron chi connectivity index (χ0n) is 7.83. The number of nitrogens with two attached hydrogens (primary N) is 1. The first kappa shape index (κ1) is 12.6. The lowest BCUT2D eigenvalue weighted by atomic mass is 9.85. The summed E-state index contributed by atoms with van der Waals surface area (Å²) < 4.78 is 10.2. The molecular formula is C8H13Br2NO3. The topological polar surface area (TPSA) is 61.5 Å². The molecule has 1 saturated heterocycles. The number of hydrogen-bond donors (Lipinski definition) is 1. The lowest BCUT2D eigenvalue weighted by molar-refractivity contribution is -0.219. The molecule has 1 heterocycles. The molecular weight excluding hydrogens is 318 g/mol. The molecule has 1 aliphatic rings. The molecule has 1 atom stereocenters. The molecule has 0 aromatic rings. The van der Waals surface area contributed by atoms with Crippen molar-refractivity contribution in [3.8, 4) is 0 Å². The molecule has 1 unspecified atom stereocenters. The molecule has 0 spiro atoms. The maximum atomic E-state index is 11.9. The summed E-state index contributed by atoms with van der Waals surface area (Å²) in [5, 5.41) is 0.577. The highest BCUT2D eigenvalue weighted by Gasteiger charge is 2.40. The highest BCUT2D eigenvalue weighted by atomic mass is 79.9. The molecule has 6 heteroatoms. The molecule has 0 aliphatic carbocycles. The maximum Gasteiger partial charge on any atom is 0.213 e. The number of hydrogen-bond acceptors (Lipinski definition) is 4. The van der Waals surface area contributed by atoms with E-state index in [0.717, 1.165) is 0 Å². The number of halogens is 2. The van der Waals surface area contributed by atoms with Gasteiger partial charge in [0.25, 0.3) is 0 Å². The van der Waals surface area contributed by atoms with Crippen molar-refractivity contribution in [3.05, 3.63) is 0 Å². The number of Topliss-reactive ketones (excluding diaryl/α,β-unsaturated/α-hetero) is 1. The van der Waals surface area contributed by atoms with Crippen molar-refractivity contribution >= 4 is 37.6 Å². The van der Waals surface area contributed by atoms with E-state index in [1.165, 1.54) is 0 Å². The van der Waals surface area contributed by atoms with Gasteiger partial charge in [0.1, 0.15) is 0 Å². The standard InChI is InChI=1S/C8H13Br2NO3/c1-8(6(12)5(10)2-9)3-13-7(11)14-4-8/h5,7H,2-4,11H2,1H3. The summed E-state index contributed by atoms with van der Waals surface area (Å²) in [7, 11) is 0. The van der Waals surface area contributed by atoms with Crippen LogP contribution in [-0.4, -0.2) is 35.6 Å². The predicted molar refractivity (Wildman–Crippen MR) is 59.5 cm³/mol. The molecule has 0 bridgehead atoms. The molecule has 4 nitrogen and oxygen atoms in total. The number of ether oxygens (including phenoxy) is 2. The molecule has 0 aromatic carbocycles. The third-order valence-electron chi connectivity index (χ3n) is 2.15. The molecule has 0 aromatic heterocycles. The van der Waals surface area contributed by atoms with Crippen LogP contribution in [0.5, 0.6) is 0 Å². The first-order valence-corrected chi connectivity index (χ1v) is 6.26. The minimum atomic E-state index is -0.700. The lowest BCUT2D eigenvalue weighted by Gasteiger charge is -2.35. The zero-order valence-corrected chi connectivity index (χ0v) is 11.0. The third-order valence-corrected chi connectivity index (χ3v) is 4.40. The molecule has 0 amide bonds. The van der Waals surface area contributed by atoms with Crippen LogP contribution in [0, 0.1) is 5.41 Å². The minimum absolute atomic E-state index is 0.0706. The van der Waals surface area contributed by atoms with Crippen LogP contribution in [-0.2, 0) is 14.3 Å². The van der Waals surface area contributed by atoms with E-state index in [1.54, 1.807) is 0 Å². The van der Waals surface area contributed by atoms with E-state index in [-0.39, 0.29) is 10.6 Å². The van der Waals surface area contributed by atoms with Crippen LogP contribution < -0.4 is 5.73 Å². The Morgan fingerprint density at radius 2 is 2.14 bits per heavy atom. The smallest absolute Gasteiger partial charge is 0.213 e. The van der Waals surface area contributed by atoms with Crippen LogP contribution in [0.1, 0.15) is 6.92 Å². The molecule has 0 radical (unpaired) electrons. The van der Waals surface area contributed by atoms with Gasteiger partial charge in [0.05, 0.1) is 23.5 Å². The lowest BCUT2D eigenvalue weighted by Crippen LogP contribution is -2.50. The largest absolute Gasteiger partial charge is 0.339 e. The van der Waals surface area contributed by atoms with Gasteiger partial charge in [-0.2, -0.15) is 0 Å². The van der Waals surface area contributed by atoms with Gasteiger partial charge in [0.15, 0.2) is 5.78 Å². The van der Waals surface area contributed by atoms with Crippen LogP contribution in [0.3, 0.4) is 0 Å². The molecule has 1 fully saturated rings. The summed E-state index contributed by atoms with van der Waals surface area (Å²) in [6, 6.07) is 0. The van der Waals surface area contributed by atoms with Crippen molar-refractivity contribution in [2.75, 3.05) is 18.5 Å². The van der Waals surface area contributed by atoms with E-state index in [1.807, 2.05) is 6.92 Å². The van der Waals surface area contributed by atoms with Gasteiger partial charge in [0, 0.05) is 5.33 Å². The summed E-state index contributed by atoms with van der Waals surface area (Å²) in [5.41, 5.74) is 4.79. The fourth-order valence-corrected chi connectivity index (χ4v) is 2.06. The average molecular weight is 331 g/mol. The van der Waals surface area contributed by atoms with Crippen molar-refractivity contribution in [3.63, 3.8) is 0 Å². The number of rotatable bonds is 3. The molecule has 14 heavy (non-hydrogen) atoms. The maximum absolute atomic E-state index is 11.9. The molecule has 0 saturated carbocycles. The Morgan fingerprint density at radius 3 is 2.57 bits per heavy atom. The highest BCUT2D eigenvalue weighted by Crippen LogP contribution is 2.28. The second-order valence-corrected chi connectivity index (χ2v) is 5.29. The van der Waals surface area contributed by atoms with Gasteiger partial charge in [-0.05, 0) is 6.92 Å². The number of ketones is 1. The molecule has 1 rings (SSSR count). The van der Waals surface area contributed by atoms with Crippen LogP contribution in [0.2, 0.25) is 0 Å². The summed E-state index contributed by atoms with van der Waals surface area (Å²) in [5.74, 6) is 0.0706. The van der Waals surface area contributed by atoms with Gasteiger partial charge >= 0.3 is 0 Å². The Hall–Kier alpha value is 0.510. The van der Waals surface area contributed by atoms with Crippen molar-refractivity contribution < 1.29 is 14.3 Å². The summed E-state index contributed by atoms with van der Waals surface area (Å²) >= 11 is 6.53. The van der Waals surface area contributed by atoms with E-state index in [0.29, 0.717) is 18.5 Å². The Labute approximate surface area is 99.8 Å². The monoisotopic (exact) mass is 329 g/mol. The van der Waals surface area contributed by atoms with E-state index in [4.69, 9.17) is 15.2 Å². The van der Waals surface area contributed by atoms with Crippen LogP contribution in [0.4, 0.5) is 0 Å². The minimum Gasteiger partial charge on any atom is -0.339 e. The van der Waals surface area contributed by atoms with Gasteiger partial charge in [-0.1, -0.05) is 31.9 Å². The van der Waals surface area contributed by atoms with E-state index in [2.05, 4.69) is 31.9 Å². The quantitative estimate of drug-likeness (QED) is 0.784. The van der Waals surface area contributed by atoms with E-state index >= 15 is 0 Å². The molecule has 82 valence electrons. The first-order chi connectivity index (χ1) is 6.49. The van der Waals surface area contributed by atoms with Crippen LogP contribution >= 0.6 is 31.9 Å². The Kier molecular flexibility index (Phi) is 4.52. The van der Waals surface area contributed by atoms with Crippen LogP contribution in [0.15, 0.2) is 0 Å². The number of alkyl halides is 2. The zero-order chi connectivity index (χ0) is 10.8. The second-order valence-electron chi connectivity index (χ2n) is 3.54. The SMILES string of the molecule is CC1(C(=O)C(Br)CBr)COC(N)OC1.